The van der Waals surface area contributed by atoms with Crippen molar-refractivity contribution in [3.05, 3.63) is 48.2 Å². The second-order valence-corrected chi connectivity index (χ2v) is 10.0. The minimum atomic E-state index is -3.54. The second-order valence-electron chi connectivity index (χ2n) is 6.11. The average molecular weight is 410 g/mol. The molecule has 0 atom stereocenters. The lowest BCUT2D eigenvalue weighted by atomic mass is 10.1. The Bertz CT molecular complexity index is 1070. The van der Waals surface area contributed by atoms with Crippen LogP contribution in [0.1, 0.15) is 0 Å². The number of nitrogens with one attached hydrogen (secondary N) is 1. The van der Waals surface area contributed by atoms with Crippen LogP contribution in [-0.4, -0.2) is 64.2 Å². The highest BCUT2D eigenvalue weighted by atomic mass is 32.2. The molecule has 0 bridgehead atoms. The molecule has 0 unspecified atom stereocenters. The van der Waals surface area contributed by atoms with E-state index in [0.29, 0.717) is 11.3 Å². The van der Waals surface area contributed by atoms with Gasteiger partial charge in [0.1, 0.15) is 5.84 Å². The highest BCUT2D eigenvalue weighted by Crippen LogP contribution is 2.19. The number of nitrogens with zero attached hydrogens (tertiary/aromatic N) is 3. The molecule has 1 aromatic carbocycles. The summed E-state index contributed by atoms with van der Waals surface area (Å²) in [6, 6.07) is 5.83. The predicted molar refractivity (Wildman–Crippen MR) is 101 cm³/mol. The number of anilines is 1. The van der Waals surface area contributed by atoms with E-state index in [1.54, 1.807) is 4.90 Å². The van der Waals surface area contributed by atoms with E-state index in [1.807, 2.05) is 0 Å². The number of hydrogen-bond donors (Lipinski definition) is 1. The molecule has 0 spiro atoms. The third kappa shape index (κ3) is 4.10. The largest absolute Gasteiger partial charge is 0.330 e. The molecule has 2 aliphatic rings. The monoisotopic (exact) mass is 410 g/mol. The number of carbonyl (C=O) groups excluding carboxylic acids is 1. The van der Waals surface area contributed by atoms with Gasteiger partial charge in [0.05, 0.1) is 16.2 Å². The maximum atomic E-state index is 12.4. The number of hydrogen-bond acceptors (Lipinski definition) is 6. The van der Waals surface area contributed by atoms with Gasteiger partial charge >= 0.3 is 0 Å². The van der Waals surface area contributed by atoms with Crippen molar-refractivity contribution in [1.29, 1.82) is 0 Å². The highest BCUT2D eigenvalue weighted by Gasteiger charge is 2.25. The molecule has 144 valence electrons. The van der Waals surface area contributed by atoms with Crippen molar-refractivity contribution in [2.75, 3.05) is 31.7 Å². The number of rotatable bonds is 4. The Labute approximate surface area is 157 Å². The van der Waals surface area contributed by atoms with Crippen LogP contribution in [-0.2, 0) is 24.8 Å². The summed E-state index contributed by atoms with van der Waals surface area (Å²) in [5.74, 6) is -0.240. The molecular weight excluding hydrogens is 392 g/mol. The minimum Gasteiger partial charge on any atom is -0.330 e. The quantitative estimate of drug-likeness (QED) is 0.767. The third-order valence-corrected chi connectivity index (χ3v) is 6.97. The SMILES string of the molecule is CN(C)S(=O)(=O)c1ccc(NC(=O)C2=CN3CCS(=O)(=O)N=C3C=C2)cc1. The predicted octanol–water partition coefficient (Wildman–Crippen LogP) is 0.373. The number of amides is 1. The van der Waals surface area contributed by atoms with E-state index in [9.17, 15) is 21.6 Å². The van der Waals surface area contributed by atoms with Gasteiger partial charge in [0.2, 0.25) is 10.0 Å². The summed E-state index contributed by atoms with van der Waals surface area (Å²) >= 11 is 0. The van der Waals surface area contributed by atoms with E-state index in [0.717, 1.165) is 4.31 Å². The van der Waals surface area contributed by atoms with Gasteiger partial charge < -0.3 is 10.2 Å². The summed E-state index contributed by atoms with van der Waals surface area (Å²) in [6.07, 6.45) is 4.49. The van der Waals surface area contributed by atoms with Crippen molar-refractivity contribution in [2.24, 2.45) is 4.40 Å². The molecule has 27 heavy (non-hydrogen) atoms. The molecule has 2 heterocycles. The molecule has 0 aliphatic carbocycles. The van der Waals surface area contributed by atoms with Crippen LogP contribution in [0.3, 0.4) is 0 Å². The number of amidine groups is 1. The van der Waals surface area contributed by atoms with Gasteiger partial charge in [0, 0.05) is 32.5 Å². The smallest absolute Gasteiger partial charge is 0.257 e. The Kier molecular flexibility index (Phi) is 4.93. The zero-order chi connectivity index (χ0) is 19.8. The van der Waals surface area contributed by atoms with E-state index in [-0.39, 0.29) is 23.0 Å². The maximum absolute atomic E-state index is 12.4. The molecule has 2 aliphatic heterocycles. The zero-order valence-electron chi connectivity index (χ0n) is 14.7. The Morgan fingerprint density at radius 2 is 1.85 bits per heavy atom. The zero-order valence-corrected chi connectivity index (χ0v) is 16.3. The number of fused-ring (bicyclic) bond motifs is 1. The summed E-state index contributed by atoms with van der Waals surface area (Å²) < 4.78 is 51.9. The molecule has 0 saturated heterocycles. The van der Waals surface area contributed by atoms with Gasteiger partial charge in [0.15, 0.2) is 0 Å². The van der Waals surface area contributed by atoms with Gasteiger partial charge in [-0.15, -0.1) is 4.40 Å². The van der Waals surface area contributed by atoms with Crippen LogP contribution in [0.15, 0.2) is 57.5 Å². The van der Waals surface area contributed by atoms with E-state index in [1.165, 1.54) is 56.7 Å². The molecule has 0 saturated carbocycles. The molecule has 1 N–H and O–H groups in total. The van der Waals surface area contributed by atoms with Crippen LogP contribution >= 0.6 is 0 Å². The summed E-state index contributed by atoms with van der Waals surface area (Å²) in [6.45, 7) is 0.222. The van der Waals surface area contributed by atoms with Crippen molar-refractivity contribution in [1.82, 2.24) is 9.21 Å². The fraction of sp³-hybridized carbons (Fsp3) is 0.250. The van der Waals surface area contributed by atoms with Crippen LogP contribution in [0.25, 0.3) is 0 Å². The molecule has 1 aromatic rings. The first-order valence-corrected chi connectivity index (χ1v) is 11.0. The van der Waals surface area contributed by atoms with Crippen LogP contribution in [0.5, 0.6) is 0 Å². The fourth-order valence-corrected chi connectivity index (χ4v) is 4.33. The normalized spacial score (nSPS) is 18.6. The topological polar surface area (TPSA) is 116 Å². The summed E-state index contributed by atoms with van der Waals surface area (Å²) in [5, 5.41) is 2.68. The molecule has 11 heteroatoms. The maximum Gasteiger partial charge on any atom is 0.257 e. The molecule has 3 rings (SSSR count). The van der Waals surface area contributed by atoms with E-state index in [4.69, 9.17) is 0 Å². The first-order valence-electron chi connectivity index (χ1n) is 7.92. The van der Waals surface area contributed by atoms with E-state index >= 15 is 0 Å². The average Bonchev–Trinajstić information content (AvgIpc) is 2.61. The Morgan fingerprint density at radius 1 is 1.19 bits per heavy atom. The van der Waals surface area contributed by atoms with Gasteiger partial charge in [-0.3, -0.25) is 4.79 Å². The molecule has 0 aromatic heterocycles. The Morgan fingerprint density at radius 3 is 2.48 bits per heavy atom. The second kappa shape index (κ2) is 6.91. The molecule has 9 nitrogen and oxygen atoms in total. The first kappa shape index (κ1) is 19.3. The van der Waals surface area contributed by atoms with Crippen LogP contribution < -0.4 is 5.32 Å². The fourth-order valence-electron chi connectivity index (χ4n) is 2.46. The van der Waals surface area contributed by atoms with Gasteiger partial charge in [-0.2, -0.15) is 0 Å². The molecule has 0 fully saturated rings. The molecular formula is C16H18N4O5S2. The van der Waals surface area contributed by atoms with E-state index < -0.39 is 26.0 Å². The number of carbonyl (C=O) groups is 1. The summed E-state index contributed by atoms with van der Waals surface area (Å²) in [5.41, 5.74) is 0.769. The number of sulfonamides is 2. The third-order valence-electron chi connectivity index (χ3n) is 3.98. The van der Waals surface area contributed by atoms with E-state index in [2.05, 4.69) is 9.71 Å². The number of benzene rings is 1. The lowest BCUT2D eigenvalue weighted by Crippen LogP contribution is -2.37. The van der Waals surface area contributed by atoms with Crippen molar-refractivity contribution in [3.8, 4) is 0 Å². The van der Waals surface area contributed by atoms with Crippen LogP contribution in [0.4, 0.5) is 5.69 Å². The van der Waals surface area contributed by atoms with Crippen molar-refractivity contribution < 1.29 is 21.6 Å². The van der Waals surface area contributed by atoms with Gasteiger partial charge in [-0.25, -0.2) is 21.1 Å². The molecule has 0 radical (unpaired) electrons. The van der Waals surface area contributed by atoms with Crippen molar-refractivity contribution >= 4 is 37.5 Å². The van der Waals surface area contributed by atoms with Gasteiger partial charge in [-0.1, -0.05) is 0 Å². The lowest BCUT2D eigenvalue weighted by molar-refractivity contribution is -0.112. The Balaban J connectivity index is 1.74. The van der Waals surface area contributed by atoms with Gasteiger partial charge in [0.25, 0.3) is 15.9 Å². The first-order chi connectivity index (χ1) is 12.6. The van der Waals surface area contributed by atoms with Crippen molar-refractivity contribution in [2.45, 2.75) is 4.90 Å². The van der Waals surface area contributed by atoms with Crippen LogP contribution in [0, 0.1) is 0 Å². The standard InChI is InChI=1S/C16H18N4O5S2/c1-19(2)27(24,25)14-6-4-13(5-7-14)17-16(21)12-3-8-15-18-26(22,23)10-9-20(15)11-12/h3-8,11H,9-10H2,1-2H3,(H,17,21). The van der Waals surface area contributed by atoms with Gasteiger partial charge in [-0.05, 0) is 36.4 Å². The molecule has 1 amide bonds. The summed E-state index contributed by atoms with van der Waals surface area (Å²) in [4.78, 5) is 14.1. The minimum absolute atomic E-state index is 0.114. The lowest BCUT2D eigenvalue weighted by Gasteiger charge is -2.26. The van der Waals surface area contributed by atoms with Crippen molar-refractivity contribution in [3.63, 3.8) is 0 Å². The Hall–Kier alpha value is -2.50. The van der Waals surface area contributed by atoms with Crippen LogP contribution in [0.2, 0.25) is 0 Å². The highest BCUT2D eigenvalue weighted by molar-refractivity contribution is 7.90. The summed E-state index contributed by atoms with van der Waals surface area (Å²) in [7, 11) is -4.10.